The summed E-state index contributed by atoms with van der Waals surface area (Å²) >= 11 is 0. The molecular formula is C21H34. The largest absolute Gasteiger partial charge is 0.0602 e. The zero-order chi connectivity index (χ0) is 15.5. The molecule has 0 nitrogen and oxygen atoms in total. The Morgan fingerprint density at radius 3 is 2.33 bits per heavy atom. The van der Waals surface area contributed by atoms with Gasteiger partial charge in [0.1, 0.15) is 0 Å². The summed E-state index contributed by atoms with van der Waals surface area (Å²) in [6.07, 6.45) is 10.8. The molecule has 118 valence electrons. The maximum Gasteiger partial charge on any atom is -0.0276 e. The highest BCUT2D eigenvalue weighted by Gasteiger charge is 2.35. The molecule has 0 aromatic heterocycles. The van der Waals surface area contributed by atoms with Gasteiger partial charge in [0.2, 0.25) is 0 Å². The molecule has 1 saturated carbocycles. The fourth-order valence-corrected chi connectivity index (χ4v) is 3.19. The Labute approximate surface area is 132 Å². The van der Waals surface area contributed by atoms with E-state index in [1.54, 1.807) is 5.56 Å². The van der Waals surface area contributed by atoms with Gasteiger partial charge in [0, 0.05) is 0 Å². The molecule has 21 heavy (non-hydrogen) atoms. The molecular weight excluding hydrogens is 252 g/mol. The predicted molar refractivity (Wildman–Crippen MR) is 93.9 cm³/mol. The van der Waals surface area contributed by atoms with Crippen molar-refractivity contribution in [3.05, 3.63) is 34.9 Å². The second kappa shape index (κ2) is 6.55. The Morgan fingerprint density at radius 1 is 1.05 bits per heavy atom. The van der Waals surface area contributed by atoms with Crippen LogP contribution < -0.4 is 0 Å². The Bertz CT molecular complexity index is 457. The summed E-state index contributed by atoms with van der Waals surface area (Å²) in [5, 5.41) is 0. The predicted octanol–water partition coefficient (Wildman–Crippen LogP) is 6.49. The number of hydrogen-bond acceptors (Lipinski definition) is 0. The molecule has 0 N–H and O–H groups in total. The molecule has 0 heteroatoms. The number of rotatable bonds is 7. The molecule has 1 aliphatic rings. The fraction of sp³-hybridized carbons (Fsp3) is 0.714. The van der Waals surface area contributed by atoms with Gasteiger partial charge < -0.3 is 0 Å². The van der Waals surface area contributed by atoms with Gasteiger partial charge in [-0.2, -0.15) is 0 Å². The molecule has 0 heterocycles. The van der Waals surface area contributed by atoms with Crippen LogP contribution in [0.1, 0.15) is 82.9 Å². The van der Waals surface area contributed by atoms with Gasteiger partial charge in [0.15, 0.2) is 0 Å². The van der Waals surface area contributed by atoms with E-state index in [1.165, 1.54) is 62.5 Å². The van der Waals surface area contributed by atoms with Gasteiger partial charge in [-0.1, -0.05) is 45.9 Å². The molecule has 0 bridgehead atoms. The summed E-state index contributed by atoms with van der Waals surface area (Å²) in [5.41, 5.74) is 5.77. The van der Waals surface area contributed by atoms with Crippen molar-refractivity contribution in [2.24, 2.45) is 10.8 Å². The minimum Gasteiger partial charge on any atom is -0.0602 e. The summed E-state index contributed by atoms with van der Waals surface area (Å²) in [6.45, 7) is 11.7. The third kappa shape index (κ3) is 5.85. The van der Waals surface area contributed by atoms with Gasteiger partial charge in [-0.3, -0.25) is 0 Å². The lowest BCUT2D eigenvalue weighted by atomic mass is 9.88. The van der Waals surface area contributed by atoms with Crippen LogP contribution in [0.4, 0.5) is 0 Å². The topological polar surface area (TPSA) is 0 Å². The minimum atomic E-state index is 0.466. The first-order chi connectivity index (χ1) is 9.77. The summed E-state index contributed by atoms with van der Waals surface area (Å²) in [7, 11) is 0. The lowest BCUT2D eigenvalue weighted by Gasteiger charge is -2.17. The number of benzene rings is 1. The zero-order valence-electron chi connectivity index (χ0n) is 14.9. The van der Waals surface area contributed by atoms with Crippen LogP contribution in [-0.2, 0) is 12.8 Å². The van der Waals surface area contributed by atoms with Gasteiger partial charge in [-0.25, -0.2) is 0 Å². The van der Waals surface area contributed by atoms with E-state index in [0.29, 0.717) is 10.8 Å². The maximum atomic E-state index is 2.44. The van der Waals surface area contributed by atoms with Crippen molar-refractivity contribution in [1.29, 1.82) is 0 Å². The Balaban J connectivity index is 1.79. The van der Waals surface area contributed by atoms with E-state index in [-0.39, 0.29) is 0 Å². The second-order valence-corrected chi connectivity index (χ2v) is 8.84. The fourth-order valence-electron chi connectivity index (χ4n) is 3.19. The van der Waals surface area contributed by atoms with E-state index in [9.17, 15) is 0 Å². The number of hydrogen-bond donors (Lipinski definition) is 0. The van der Waals surface area contributed by atoms with Crippen LogP contribution in [0, 0.1) is 17.8 Å². The molecule has 1 aliphatic carbocycles. The van der Waals surface area contributed by atoms with E-state index in [4.69, 9.17) is 0 Å². The first kappa shape index (κ1) is 16.6. The molecule has 0 spiro atoms. The minimum absolute atomic E-state index is 0.466. The summed E-state index contributed by atoms with van der Waals surface area (Å²) in [5.74, 6) is 0. The summed E-state index contributed by atoms with van der Waals surface area (Å²) in [6, 6.07) is 7.18. The number of aryl methyl sites for hydroxylation is 3. The van der Waals surface area contributed by atoms with Crippen molar-refractivity contribution in [1.82, 2.24) is 0 Å². The highest BCUT2D eigenvalue weighted by molar-refractivity contribution is 5.31. The van der Waals surface area contributed by atoms with Gasteiger partial charge in [-0.15, -0.1) is 0 Å². The van der Waals surface area contributed by atoms with Crippen LogP contribution in [0.3, 0.4) is 0 Å². The van der Waals surface area contributed by atoms with Crippen molar-refractivity contribution in [3.8, 4) is 0 Å². The Morgan fingerprint density at radius 2 is 1.76 bits per heavy atom. The van der Waals surface area contributed by atoms with Gasteiger partial charge in [0.05, 0.1) is 0 Å². The molecule has 0 atom stereocenters. The van der Waals surface area contributed by atoms with Crippen LogP contribution in [0.25, 0.3) is 0 Å². The Hall–Kier alpha value is -0.780. The Kier molecular flexibility index (Phi) is 5.17. The highest BCUT2D eigenvalue weighted by Crippen LogP contribution is 2.49. The van der Waals surface area contributed by atoms with E-state index >= 15 is 0 Å². The van der Waals surface area contributed by atoms with Crippen LogP contribution in [0.2, 0.25) is 0 Å². The molecule has 1 aromatic rings. The SMILES string of the molecule is Cc1cc(CCCC(C)(C)C)ccc1CCCC1(C)CC1. The van der Waals surface area contributed by atoms with E-state index in [0.717, 1.165) is 0 Å². The molecule has 0 unspecified atom stereocenters. The van der Waals surface area contributed by atoms with Crippen LogP contribution in [0.5, 0.6) is 0 Å². The van der Waals surface area contributed by atoms with Gasteiger partial charge >= 0.3 is 0 Å². The van der Waals surface area contributed by atoms with E-state index in [2.05, 4.69) is 52.8 Å². The molecule has 1 fully saturated rings. The van der Waals surface area contributed by atoms with Crippen LogP contribution in [0.15, 0.2) is 18.2 Å². The average Bonchev–Trinajstić information content (AvgIpc) is 3.09. The molecule has 0 saturated heterocycles. The van der Waals surface area contributed by atoms with E-state index in [1.807, 2.05) is 0 Å². The first-order valence-corrected chi connectivity index (χ1v) is 8.86. The first-order valence-electron chi connectivity index (χ1n) is 8.86. The average molecular weight is 287 g/mol. The van der Waals surface area contributed by atoms with Crippen molar-refractivity contribution >= 4 is 0 Å². The summed E-state index contributed by atoms with van der Waals surface area (Å²) < 4.78 is 0. The zero-order valence-corrected chi connectivity index (χ0v) is 14.9. The van der Waals surface area contributed by atoms with Crippen molar-refractivity contribution in [3.63, 3.8) is 0 Å². The quantitative estimate of drug-likeness (QED) is 0.537. The van der Waals surface area contributed by atoms with E-state index < -0.39 is 0 Å². The maximum absolute atomic E-state index is 2.44. The van der Waals surface area contributed by atoms with Crippen LogP contribution >= 0.6 is 0 Å². The normalized spacial score (nSPS) is 17.0. The third-order valence-corrected chi connectivity index (χ3v) is 5.13. The van der Waals surface area contributed by atoms with Gasteiger partial charge in [0.25, 0.3) is 0 Å². The monoisotopic (exact) mass is 286 g/mol. The molecule has 1 aromatic carbocycles. The lowest BCUT2D eigenvalue weighted by molar-refractivity contribution is 0.365. The summed E-state index contributed by atoms with van der Waals surface area (Å²) in [4.78, 5) is 0. The van der Waals surface area contributed by atoms with Crippen molar-refractivity contribution < 1.29 is 0 Å². The molecule has 0 amide bonds. The van der Waals surface area contributed by atoms with Crippen molar-refractivity contribution in [2.75, 3.05) is 0 Å². The lowest BCUT2D eigenvalue weighted by Crippen LogP contribution is -2.05. The molecule has 2 rings (SSSR count). The molecule has 0 radical (unpaired) electrons. The second-order valence-electron chi connectivity index (χ2n) is 8.84. The molecule has 0 aliphatic heterocycles. The van der Waals surface area contributed by atoms with Gasteiger partial charge in [-0.05, 0) is 85.8 Å². The standard InChI is InChI=1S/C21H34/c1-17-16-18(8-6-12-20(2,3)4)10-11-19(17)9-7-13-21(5)14-15-21/h10-11,16H,6-9,12-15H2,1-5H3. The smallest absolute Gasteiger partial charge is 0.0276 e. The van der Waals surface area contributed by atoms with Crippen LogP contribution in [-0.4, -0.2) is 0 Å². The van der Waals surface area contributed by atoms with Crippen molar-refractivity contribution in [2.45, 2.75) is 86.0 Å². The highest BCUT2D eigenvalue weighted by atomic mass is 14.4. The third-order valence-electron chi connectivity index (χ3n) is 5.13.